The molecule has 0 amide bonds. The van der Waals surface area contributed by atoms with Crippen LogP contribution in [0.5, 0.6) is 0 Å². The Labute approximate surface area is 165 Å². The van der Waals surface area contributed by atoms with Crippen LogP contribution in [0.2, 0.25) is 0 Å². The van der Waals surface area contributed by atoms with Crippen molar-refractivity contribution >= 4 is 27.1 Å². The third kappa shape index (κ3) is 4.24. The van der Waals surface area contributed by atoms with Gasteiger partial charge in [0.25, 0.3) is 10.0 Å². The van der Waals surface area contributed by atoms with E-state index >= 15 is 0 Å². The lowest BCUT2D eigenvalue weighted by Crippen LogP contribution is -2.38. The van der Waals surface area contributed by atoms with Crippen molar-refractivity contribution in [1.29, 1.82) is 0 Å². The second-order valence-electron chi connectivity index (χ2n) is 6.82. The Balaban J connectivity index is 1.67. The summed E-state index contributed by atoms with van der Waals surface area (Å²) in [4.78, 5) is 4.69. The SMILES string of the molecule is O=S(=O)(Nc1ccc(N2CCOCC2)cc1N1CCOCC1)c1ccccc1. The van der Waals surface area contributed by atoms with E-state index in [0.717, 1.165) is 37.6 Å². The van der Waals surface area contributed by atoms with Crippen LogP contribution in [0.25, 0.3) is 0 Å². The van der Waals surface area contributed by atoms with Gasteiger partial charge < -0.3 is 19.3 Å². The van der Waals surface area contributed by atoms with Gasteiger partial charge in [-0.3, -0.25) is 4.72 Å². The normalized spacial score (nSPS) is 18.1. The maximum atomic E-state index is 12.8. The van der Waals surface area contributed by atoms with Crippen LogP contribution in [-0.4, -0.2) is 61.0 Å². The van der Waals surface area contributed by atoms with Crippen LogP contribution in [0.4, 0.5) is 17.1 Å². The molecule has 2 heterocycles. The van der Waals surface area contributed by atoms with Gasteiger partial charge in [0.2, 0.25) is 0 Å². The van der Waals surface area contributed by atoms with E-state index in [1.54, 1.807) is 30.3 Å². The summed E-state index contributed by atoms with van der Waals surface area (Å²) in [5.41, 5.74) is 2.54. The summed E-state index contributed by atoms with van der Waals surface area (Å²) >= 11 is 0. The van der Waals surface area contributed by atoms with Crippen LogP contribution in [0, 0.1) is 0 Å². The van der Waals surface area contributed by atoms with E-state index in [2.05, 4.69) is 20.6 Å². The quantitative estimate of drug-likeness (QED) is 0.825. The molecule has 0 radical (unpaired) electrons. The fourth-order valence-corrected chi connectivity index (χ4v) is 4.59. The maximum absolute atomic E-state index is 12.8. The van der Waals surface area contributed by atoms with Gasteiger partial charge in [-0.05, 0) is 30.3 Å². The number of nitrogens with zero attached hydrogens (tertiary/aromatic N) is 2. The monoisotopic (exact) mass is 403 g/mol. The fraction of sp³-hybridized carbons (Fsp3) is 0.400. The van der Waals surface area contributed by atoms with Crippen molar-refractivity contribution in [3.8, 4) is 0 Å². The lowest BCUT2D eigenvalue weighted by Gasteiger charge is -2.33. The van der Waals surface area contributed by atoms with Gasteiger partial charge >= 0.3 is 0 Å². The molecular formula is C20H25N3O4S. The lowest BCUT2D eigenvalue weighted by molar-refractivity contribution is 0.122. The van der Waals surface area contributed by atoms with Gasteiger partial charge in [0, 0.05) is 31.9 Å². The average molecular weight is 404 g/mol. The highest BCUT2D eigenvalue weighted by molar-refractivity contribution is 7.92. The molecule has 0 aliphatic carbocycles. The Morgan fingerprint density at radius 1 is 0.786 bits per heavy atom. The van der Waals surface area contributed by atoms with Crippen LogP contribution < -0.4 is 14.5 Å². The van der Waals surface area contributed by atoms with Crippen molar-refractivity contribution in [2.24, 2.45) is 0 Å². The van der Waals surface area contributed by atoms with Gasteiger partial charge in [0.1, 0.15) is 0 Å². The summed E-state index contributed by atoms with van der Waals surface area (Å²) in [6, 6.07) is 14.3. The first-order chi connectivity index (χ1) is 13.6. The molecule has 2 fully saturated rings. The summed E-state index contributed by atoms with van der Waals surface area (Å²) in [5, 5.41) is 0. The molecule has 2 aliphatic heterocycles. The molecule has 0 saturated carbocycles. The third-order valence-corrected chi connectivity index (χ3v) is 6.39. The van der Waals surface area contributed by atoms with E-state index < -0.39 is 10.0 Å². The number of benzene rings is 2. The minimum atomic E-state index is -3.65. The number of anilines is 3. The van der Waals surface area contributed by atoms with Gasteiger partial charge in [-0.15, -0.1) is 0 Å². The Morgan fingerprint density at radius 2 is 1.39 bits per heavy atom. The zero-order valence-corrected chi connectivity index (χ0v) is 16.5. The first kappa shape index (κ1) is 19.0. The van der Waals surface area contributed by atoms with Crippen molar-refractivity contribution in [2.45, 2.75) is 4.90 Å². The predicted octanol–water partition coefficient (Wildman–Crippen LogP) is 2.16. The van der Waals surface area contributed by atoms with E-state index in [9.17, 15) is 8.42 Å². The summed E-state index contributed by atoms with van der Waals surface area (Å²) in [6.45, 7) is 5.79. The molecule has 2 saturated heterocycles. The molecule has 2 aromatic rings. The van der Waals surface area contributed by atoms with Crippen molar-refractivity contribution in [3.05, 3.63) is 48.5 Å². The number of hydrogen-bond donors (Lipinski definition) is 1. The highest BCUT2D eigenvalue weighted by atomic mass is 32.2. The van der Waals surface area contributed by atoms with E-state index in [1.165, 1.54) is 0 Å². The van der Waals surface area contributed by atoms with Crippen molar-refractivity contribution in [3.63, 3.8) is 0 Å². The van der Waals surface area contributed by atoms with Crippen molar-refractivity contribution in [2.75, 3.05) is 67.1 Å². The van der Waals surface area contributed by atoms with Gasteiger partial charge in [-0.25, -0.2) is 8.42 Å². The molecule has 2 aliphatic rings. The molecule has 0 aromatic heterocycles. The van der Waals surface area contributed by atoms with Crippen LogP contribution >= 0.6 is 0 Å². The van der Waals surface area contributed by atoms with Gasteiger partial charge in [-0.1, -0.05) is 18.2 Å². The van der Waals surface area contributed by atoms with Crippen molar-refractivity contribution < 1.29 is 17.9 Å². The number of hydrogen-bond acceptors (Lipinski definition) is 6. The van der Waals surface area contributed by atoms with Crippen LogP contribution in [0.3, 0.4) is 0 Å². The molecule has 7 nitrogen and oxygen atoms in total. The number of sulfonamides is 1. The molecule has 28 heavy (non-hydrogen) atoms. The summed E-state index contributed by atoms with van der Waals surface area (Å²) in [5.74, 6) is 0. The topological polar surface area (TPSA) is 71.1 Å². The molecule has 1 N–H and O–H groups in total. The summed E-state index contributed by atoms with van der Waals surface area (Å²) in [7, 11) is -3.65. The molecule has 0 spiro atoms. The first-order valence-corrected chi connectivity index (χ1v) is 11.0. The smallest absolute Gasteiger partial charge is 0.261 e. The Kier molecular flexibility index (Phi) is 5.70. The number of ether oxygens (including phenoxy) is 2. The second kappa shape index (κ2) is 8.38. The van der Waals surface area contributed by atoms with Gasteiger partial charge in [-0.2, -0.15) is 0 Å². The van der Waals surface area contributed by atoms with Gasteiger partial charge in [0.05, 0.1) is 42.7 Å². The molecule has 0 atom stereocenters. The van der Waals surface area contributed by atoms with E-state index in [0.29, 0.717) is 32.1 Å². The lowest BCUT2D eigenvalue weighted by atomic mass is 10.2. The fourth-order valence-electron chi connectivity index (χ4n) is 3.49. The molecule has 150 valence electrons. The molecule has 0 unspecified atom stereocenters. The molecule has 4 rings (SSSR count). The average Bonchev–Trinajstić information content (AvgIpc) is 2.76. The molecular weight excluding hydrogens is 378 g/mol. The van der Waals surface area contributed by atoms with E-state index in [4.69, 9.17) is 9.47 Å². The van der Waals surface area contributed by atoms with Crippen LogP contribution in [0.15, 0.2) is 53.4 Å². The zero-order valence-electron chi connectivity index (χ0n) is 15.7. The Hall–Kier alpha value is -2.29. The predicted molar refractivity (Wildman–Crippen MR) is 110 cm³/mol. The number of morpholine rings is 2. The van der Waals surface area contributed by atoms with Crippen molar-refractivity contribution in [1.82, 2.24) is 0 Å². The molecule has 2 aromatic carbocycles. The third-order valence-electron chi connectivity index (χ3n) is 5.01. The minimum Gasteiger partial charge on any atom is -0.378 e. The molecule has 0 bridgehead atoms. The highest BCUT2D eigenvalue weighted by Gasteiger charge is 2.22. The highest BCUT2D eigenvalue weighted by Crippen LogP contribution is 2.33. The largest absolute Gasteiger partial charge is 0.378 e. The second-order valence-corrected chi connectivity index (χ2v) is 8.50. The van der Waals surface area contributed by atoms with E-state index in [-0.39, 0.29) is 4.90 Å². The number of rotatable bonds is 5. The zero-order chi connectivity index (χ0) is 19.4. The minimum absolute atomic E-state index is 0.250. The summed E-state index contributed by atoms with van der Waals surface area (Å²) < 4.78 is 39.4. The number of nitrogens with one attached hydrogen (secondary N) is 1. The van der Waals surface area contributed by atoms with E-state index in [1.807, 2.05) is 12.1 Å². The standard InChI is InChI=1S/C20H25N3O4S/c24-28(25,18-4-2-1-3-5-18)21-19-7-6-17(22-8-12-26-13-9-22)16-20(19)23-10-14-27-15-11-23/h1-7,16,21H,8-15H2. The Bertz CT molecular complexity index is 893. The van der Waals surface area contributed by atoms with Crippen LogP contribution in [-0.2, 0) is 19.5 Å². The molecule has 8 heteroatoms. The first-order valence-electron chi connectivity index (χ1n) is 9.51. The maximum Gasteiger partial charge on any atom is 0.261 e. The van der Waals surface area contributed by atoms with Gasteiger partial charge in [0.15, 0.2) is 0 Å². The van der Waals surface area contributed by atoms with Crippen LogP contribution in [0.1, 0.15) is 0 Å². The Morgan fingerprint density at radius 3 is 2.04 bits per heavy atom. The summed E-state index contributed by atoms with van der Waals surface area (Å²) in [6.07, 6.45) is 0.